The standard InChI is InChI=1S/C21H30N4.C9H10F2/c1-5-7-11-23-17(3)21(18(4)25-15-13-22-14-16-25)19(6-2)20-10-8-9-12-24-20;1-2-3-7-4-8(10)6-9(11)5-7/h6-12,22H,5,13-16H2,1-4H3;4-6H,2-3H2,1H3/b11-7+,19-6-,21-18-,23-17+;. The van der Waals surface area contributed by atoms with Gasteiger partial charge < -0.3 is 10.2 Å². The maximum Gasteiger partial charge on any atom is 0.126 e. The molecule has 0 saturated carbocycles. The molecule has 3 rings (SSSR count). The second-order valence-corrected chi connectivity index (χ2v) is 8.65. The summed E-state index contributed by atoms with van der Waals surface area (Å²) in [6.45, 7) is 14.5. The van der Waals surface area contributed by atoms with Crippen molar-refractivity contribution >= 4 is 11.3 Å². The van der Waals surface area contributed by atoms with Crippen molar-refractivity contribution < 1.29 is 8.78 Å². The Morgan fingerprint density at radius 2 is 1.78 bits per heavy atom. The summed E-state index contributed by atoms with van der Waals surface area (Å²) in [7, 11) is 0. The fourth-order valence-electron chi connectivity index (χ4n) is 4.13. The minimum atomic E-state index is -0.492. The Kier molecular flexibility index (Phi) is 12.8. The smallest absolute Gasteiger partial charge is 0.126 e. The van der Waals surface area contributed by atoms with Crippen LogP contribution in [0.5, 0.6) is 0 Å². The van der Waals surface area contributed by atoms with Gasteiger partial charge in [-0.1, -0.05) is 38.5 Å². The van der Waals surface area contributed by atoms with Crippen molar-refractivity contribution in [2.45, 2.75) is 53.9 Å². The van der Waals surface area contributed by atoms with E-state index in [4.69, 9.17) is 4.99 Å². The van der Waals surface area contributed by atoms with E-state index in [-0.39, 0.29) is 0 Å². The Morgan fingerprint density at radius 3 is 2.33 bits per heavy atom. The van der Waals surface area contributed by atoms with E-state index in [9.17, 15) is 8.78 Å². The Hall–Kier alpha value is -3.12. The number of halogens is 2. The number of benzene rings is 1. The van der Waals surface area contributed by atoms with Crippen molar-refractivity contribution in [1.29, 1.82) is 0 Å². The van der Waals surface area contributed by atoms with Gasteiger partial charge in [0.25, 0.3) is 0 Å². The number of piperazine rings is 1. The summed E-state index contributed by atoms with van der Waals surface area (Å²) in [5, 5.41) is 3.42. The quantitative estimate of drug-likeness (QED) is 0.318. The van der Waals surface area contributed by atoms with Crippen LogP contribution in [-0.4, -0.2) is 41.8 Å². The topological polar surface area (TPSA) is 40.5 Å². The van der Waals surface area contributed by atoms with E-state index < -0.39 is 11.6 Å². The van der Waals surface area contributed by atoms with Gasteiger partial charge in [-0.15, -0.1) is 0 Å². The number of allylic oxidation sites excluding steroid dienone is 5. The van der Waals surface area contributed by atoms with Gasteiger partial charge in [-0.25, -0.2) is 8.78 Å². The van der Waals surface area contributed by atoms with Gasteiger partial charge in [-0.3, -0.25) is 9.98 Å². The van der Waals surface area contributed by atoms with Gasteiger partial charge in [0.15, 0.2) is 0 Å². The highest BCUT2D eigenvalue weighted by Gasteiger charge is 2.19. The summed E-state index contributed by atoms with van der Waals surface area (Å²) < 4.78 is 25.0. The summed E-state index contributed by atoms with van der Waals surface area (Å²) in [6, 6.07) is 9.68. The molecule has 0 atom stereocenters. The normalized spacial score (nSPS) is 15.5. The first-order valence-corrected chi connectivity index (χ1v) is 12.8. The second kappa shape index (κ2) is 15.8. The summed E-state index contributed by atoms with van der Waals surface area (Å²) in [4.78, 5) is 11.7. The molecule has 6 heteroatoms. The molecule has 0 radical (unpaired) electrons. The van der Waals surface area contributed by atoms with Gasteiger partial charge in [-0.2, -0.15) is 0 Å². The maximum atomic E-state index is 12.5. The zero-order valence-electron chi connectivity index (χ0n) is 22.3. The molecule has 1 N–H and O–H groups in total. The van der Waals surface area contributed by atoms with Crippen molar-refractivity contribution in [3.63, 3.8) is 0 Å². The Labute approximate surface area is 215 Å². The average molecular weight is 495 g/mol. The maximum absolute atomic E-state index is 12.5. The van der Waals surface area contributed by atoms with Crippen LogP contribution in [-0.2, 0) is 6.42 Å². The van der Waals surface area contributed by atoms with Gasteiger partial charge in [0.2, 0.25) is 0 Å². The third kappa shape index (κ3) is 9.15. The molecular formula is C30H40F2N4. The molecule has 0 bridgehead atoms. The Morgan fingerprint density at radius 1 is 1.08 bits per heavy atom. The molecular weight excluding hydrogens is 454 g/mol. The number of hydrogen-bond donors (Lipinski definition) is 1. The van der Waals surface area contributed by atoms with E-state index in [1.807, 2.05) is 31.5 Å². The first kappa shape index (κ1) is 29.1. The van der Waals surface area contributed by atoms with E-state index in [1.165, 1.54) is 23.4 Å². The lowest BCUT2D eigenvalue weighted by Gasteiger charge is -2.32. The number of pyridine rings is 1. The molecule has 1 saturated heterocycles. The van der Waals surface area contributed by atoms with Crippen LogP contribution in [0, 0.1) is 11.6 Å². The van der Waals surface area contributed by atoms with Gasteiger partial charge in [0, 0.05) is 67.2 Å². The van der Waals surface area contributed by atoms with Crippen molar-refractivity contribution in [2.24, 2.45) is 4.99 Å². The molecule has 1 aliphatic heterocycles. The number of aliphatic imine (C=N–C) groups is 1. The molecule has 0 amide bonds. The van der Waals surface area contributed by atoms with E-state index >= 15 is 0 Å². The van der Waals surface area contributed by atoms with Gasteiger partial charge >= 0.3 is 0 Å². The zero-order valence-corrected chi connectivity index (χ0v) is 22.3. The number of rotatable bonds is 8. The minimum absolute atomic E-state index is 0.492. The van der Waals surface area contributed by atoms with Crippen LogP contribution in [0.25, 0.3) is 5.57 Å². The van der Waals surface area contributed by atoms with Crippen LogP contribution in [0.3, 0.4) is 0 Å². The molecule has 1 fully saturated rings. The van der Waals surface area contributed by atoms with Crippen molar-refractivity contribution in [3.8, 4) is 0 Å². The fourth-order valence-corrected chi connectivity index (χ4v) is 4.13. The van der Waals surface area contributed by atoms with Crippen molar-refractivity contribution in [3.05, 3.63) is 95.1 Å². The molecule has 0 unspecified atom stereocenters. The van der Waals surface area contributed by atoms with Crippen molar-refractivity contribution in [2.75, 3.05) is 26.2 Å². The zero-order chi connectivity index (χ0) is 26.3. The van der Waals surface area contributed by atoms with Gasteiger partial charge in [-0.05, 0) is 63.4 Å². The third-order valence-electron chi connectivity index (χ3n) is 5.88. The van der Waals surface area contributed by atoms with Crippen molar-refractivity contribution in [1.82, 2.24) is 15.2 Å². The molecule has 36 heavy (non-hydrogen) atoms. The predicted octanol–water partition coefficient (Wildman–Crippen LogP) is 6.97. The molecule has 0 aliphatic carbocycles. The lowest BCUT2D eigenvalue weighted by Crippen LogP contribution is -2.43. The van der Waals surface area contributed by atoms with Crippen LogP contribution in [0.2, 0.25) is 0 Å². The summed E-state index contributed by atoms with van der Waals surface area (Å²) in [5.74, 6) is -0.984. The van der Waals surface area contributed by atoms with Crippen LogP contribution >= 0.6 is 0 Å². The first-order chi connectivity index (χ1) is 17.4. The minimum Gasteiger partial charge on any atom is -0.372 e. The first-order valence-electron chi connectivity index (χ1n) is 12.8. The highest BCUT2D eigenvalue weighted by atomic mass is 19.1. The van der Waals surface area contributed by atoms with E-state index in [2.05, 4.69) is 61.1 Å². The summed E-state index contributed by atoms with van der Waals surface area (Å²) in [5.41, 5.74) is 6.34. The fraction of sp³-hybridized carbons (Fsp3) is 0.400. The van der Waals surface area contributed by atoms with Crippen LogP contribution in [0.4, 0.5) is 8.78 Å². The van der Waals surface area contributed by atoms with E-state index in [0.29, 0.717) is 0 Å². The Balaban J connectivity index is 0.000000346. The number of nitrogens with zero attached hydrogens (tertiary/aromatic N) is 3. The predicted molar refractivity (Wildman–Crippen MR) is 148 cm³/mol. The van der Waals surface area contributed by atoms with E-state index in [0.717, 1.165) is 74.1 Å². The number of aromatic nitrogens is 1. The lowest BCUT2D eigenvalue weighted by molar-refractivity contribution is 0.299. The second-order valence-electron chi connectivity index (χ2n) is 8.65. The molecule has 1 aromatic carbocycles. The number of hydrogen-bond acceptors (Lipinski definition) is 4. The highest BCUT2D eigenvalue weighted by Crippen LogP contribution is 2.27. The molecule has 1 aromatic heterocycles. The number of nitrogens with one attached hydrogen (secondary N) is 1. The van der Waals surface area contributed by atoms with Crippen LogP contribution in [0.15, 0.2) is 77.2 Å². The molecule has 194 valence electrons. The van der Waals surface area contributed by atoms with Crippen LogP contribution in [0.1, 0.15) is 58.7 Å². The van der Waals surface area contributed by atoms with Gasteiger partial charge in [0.05, 0.1) is 5.69 Å². The van der Waals surface area contributed by atoms with Crippen LogP contribution < -0.4 is 5.32 Å². The molecule has 4 nitrogen and oxygen atoms in total. The summed E-state index contributed by atoms with van der Waals surface area (Å²) >= 11 is 0. The van der Waals surface area contributed by atoms with Gasteiger partial charge in [0.1, 0.15) is 11.6 Å². The average Bonchev–Trinajstić information content (AvgIpc) is 2.88. The summed E-state index contributed by atoms with van der Waals surface area (Å²) in [6.07, 6.45) is 10.6. The largest absolute Gasteiger partial charge is 0.372 e. The molecule has 2 heterocycles. The SMILES string of the molecule is CCCc1cc(F)cc(F)c1.C\C=C(C(/C(C)=N/C=C/CC)=C(/C)N1CCNCC1)\c1ccccn1. The monoisotopic (exact) mass is 494 g/mol. The number of aryl methyl sites for hydroxylation is 1. The molecule has 2 aromatic rings. The third-order valence-corrected chi connectivity index (χ3v) is 5.88. The van der Waals surface area contributed by atoms with E-state index in [1.54, 1.807) is 0 Å². The molecule has 1 aliphatic rings. The lowest BCUT2D eigenvalue weighted by atomic mass is 9.95. The highest BCUT2D eigenvalue weighted by molar-refractivity contribution is 6.12. The molecule has 0 spiro atoms. The Bertz CT molecular complexity index is 1050.